The van der Waals surface area contributed by atoms with Crippen molar-refractivity contribution in [3.63, 3.8) is 0 Å². The monoisotopic (exact) mass is 380 g/mol. The lowest BCUT2D eigenvalue weighted by atomic mass is 10.1. The van der Waals surface area contributed by atoms with E-state index in [4.69, 9.17) is 9.47 Å². The molecule has 0 saturated carbocycles. The summed E-state index contributed by atoms with van der Waals surface area (Å²) in [5, 5.41) is 9.90. The molecule has 0 spiro atoms. The number of aromatic nitrogens is 2. The Hall–Kier alpha value is -3.32. The van der Waals surface area contributed by atoms with Gasteiger partial charge >= 0.3 is 6.03 Å². The molecule has 0 atom stereocenters. The van der Waals surface area contributed by atoms with E-state index in [1.165, 1.54) is 0 Å². The molecule has 0 fully saturated rings. The molecule has 1 heterocycles. The Morgan fingerprint density at radius 2 is 1.93 bits per heavy atom. The molecule has 7 nitrogen and oxygen atoms in total. The molecule has 7 heteroatoms. The third kappa shape index (κ3) is 6.14. The van der Waals surface area contributed by atoms with Crippen molar-refractivity contribution in [3.05, 3.63) is 78.1 Å². The van der Waals surface area contributed by atoms with Gasteiger partial charge in [-0.15, -0.1) is 0 Å². The summed E-state index contributed by atoms with van der Waals surface area (Å²) < 4.78 is 12.4. The molecule has 0 aliphatic heterocycles. The van der Waals surface area contributed by atoms with Crippen molar-refractivity contribution in [1.82, 2.24) is 15.1 Å². The molecule has 0 unspecified atom stereocenters. The normalized spacial score (nSPS) is 10.5. The maximum atomic E-state index is 12.2. The molecule has 0 aliphatic carbocycles. The smallest absolute Gasteiger partial charge is 0.319 e. The third-order valence-corrected chi connectivity index (χ3v) is 4.00. The van der Waals surface area contributed by atoms with Gasteiger partial charge in [-0.25, -0.2) is 4.79 Å². The molecule has 1 aromatic heterocycles. The number of methoxy groups -OCH3 is 1. The van der Waals surface area contributed by atoms with Gasteiger partial charge in [-0.05, 0) is 29.3 Å². The van der Waals surface area contributed by atoms with Gasteiger partial charge in [0.25, 0.3) is 0 Å². The van der Waals surface area contributed by atoms with Crippen LogP contribution in [0.15, 0.2) is 67.0 Å². The molecule has 28 heavy (non-hydrogen) atoms. The minimum atomic E-state index is -0.272. The van der Waals surface area contributed by atoms with E-state index in [2.05, 4.69) is 21.8 Å². The first kappa shape index (κ1) is 19.4. The van der Waals surface area contributed by atoms with Crippen molar-refractivity contribution in [2.75, 3.05) is 25.6 Å². The predicted molar refractivity (Wildman–Crippen MR) is 107 cm³/mol. The lowest BCUT2D eigenvalue weighted by Crippen LogP contribution is -2.28. The Morgan fingerprint density at radius 3 is 2.75 bits per heavy atom. The van der Waals surface area contributed by atoms with Gasteiger partial charge in [-0.3, -0.25) is 4.68 Å². The summed E-state index contributed by atoms with van der Waals surface area (Å²) >= 11 is 0. The van der Waals surface area contributed by atoms with Gasteiger partial charge in [0.2, 0.25) is 0 Å². The van der Waals surface area contributed by atoms with Crippen LogP contribution in [0.4, 0.5) is 10.5 Å². The summed E-state index contributed by atoms with van der Waals surface area (Å²) in [6.07, 6.45) is 3.68. The summed E-state index contributed by atoms with van der Waals surface area (Å²) in [7, 11) is 1.62. The van der Waals surface area contributed by atoms with Gasteiger partial charge in [-0.2, -0.15) is 5.10 Å². The minimum Gasteiger partial charge on any atom is -0.491 e. The van der Waals surface area contributed by atoms with Crippen molar-refractivity contribution >= 4 is 11.7 Å². The van der Waals surface area contributed by atoms with E-state index in [0.29, 0.717) is 37.7 Å². The molecule has 3 aromatic rings. The predicted octanol–water partition coefficient (Wildman–Crippen LogP) is 3.28. The molecule has 0 radical (unpaired) electrons. The van der Waals surface area contributed by atoms with E-state index < -0.39 is 0 Å². The fourth-order valence-electron chi connectivity index (χ4n) is 2.68. The van der Waals surface area contributed by atoms with Gasteiger partial charge in [0.15, 0.2) is 0 Å². The number of hydrogen-bond acceptors (Lipinski definition) is 4. The molecule has 3 rings (SSSR count). The van der Waals surface area contributed by atoms with Crippen LogP contribution in [0.1, 0.15) is 11.1 Å². The van der Waals surface area contributed by atoms with Gasteiger partial charge in [0, 0.05) is 37.8 Å². The minimum absolute atomic E-state index is 0.272. The van der Waals surface area contributed by atoms with E-state index in [1.54, 1.807) is 19.4 Å². The van der Waals surface area contributed by atoms with Crippen molar-refractivity contribution in [2.45, 2.75) is 13.1 Å². The molecular weight excluding hydrogens is 356 g/mol. The number of rotatable bonds is 9. The quantitative estimate of drug-likeness (QED) is 0.559. The molecule has 0 saturated heterocycles. The average Bonchev–Trinajstić information content (AvgIpc) is 3.20. The first-order valence-corrected chi connectivity index (χ1v) is 9.05. The van der Waals surface area contributed by atoms with Crippen molar-refractivity contribution < 1.29 is 14.3 Å². The summed E-state index contributed by atoms with van der Waals surface area (Å²) in [6.45, 7) is 2.10. The highest BCUT2D eigenvalue weighted by molar-refractivity contribution is 5.89. The van der Waals surface area contributed by atoms with Crippen molar-refractivity contribution in [1.29, 1.82) is 0 Å². The number of carbonyl (C=O) groups is 1. The Labute approximate surface area is 164 Å². The van der Waals surface area contributed by atoms with Gasteiger partial charge in [-0.1, -0.05) is 30.3 Å². The zero-order valence-corrected chi connectivity index (χ0v) is 15.8. The second kappa shape index (κ2) is 10.1. The number of urea groups is 1. The standard InChI is InChI=1S/C21H24N4O3/c1-27-11-12-28-20-8-3-7-19(14-20)24-21(26)22-15-17-5-2-6-18(13-17)16-25-10-4-9-23-25/h2-10,13-14H,11-12,15-16H2,1H3,(H2,22,24,26). The van der Waals surface area contributed by atoms with E-state index in [9.17, 15) is 4.79 Å². The molecule has 2 N–H and O–H groups in total. The molecule has 146 valence electrons. The second-order valence-corrected chi connectivity index (χ2v) is 6.20. The maximum absolute atomic E-state index is 12.2. The van der Waals surface area contributed by atoms with Crippen LogP contribution < -0.4 is 15.4 Å². The van der Waals surface area contributed by atoms with Crippen LogP contribution in [-0.2, 0) is 17.8 Å². The van der Waals surface area contributed by atoms with Crippen LogP contribution in [0.2, 0.25) is 0 Å². The first-order chi connectivity index (χ1) is 13.7. The molecule has 0 bridgehead atoms. The number of anilines is 1. The topological polar surface area (TPSA) is 77.4 Å². The lowest BCUT2D eigenvalue weighted by molar-refractivity contribution is 0.146. The van der Waals surface area contributed by atoms with Crippen molar-refractivity contribution in [3.8, 4) is 5.75 Å². The highest BCUT2D eigenvalue weighted by atomic mass is 16.5. The molecule has 2 aromatic carbocycles. The van der Waals surface area contributed by atoms with Crippen LogP contribution >= 0.6 is 0 Å². The molecular formula is C21H24N4O3. The van der Waals surface area contributed by atoms with Crippen LogP contribution in [0, 0.1) is 0 Å². The number of amides is 2. The highest BCUT2D eigenvalue weighted by Crippen LogP contribution is 2.17. The Morgan fingerprint density at radius 1 is 1.07 bits per heavy atom. The van der Waals surface area contributed by atoms with Gasteiger partial charge in [0.1, 0.15) is 12.4 Å². The third-order valence-electron chi connectivity index (χ3n) is 4.00. The molecule has 2 amide bonds. The summed E-state index contributed by atoms with van der Waals surface area (Å²) in [6, 6.07) is 16.9. The number of hydrogen-bond donors (Lipinski definition) is 2. The first-order valence-electron chi connectivity index (χ1n) is 9.05. The van der Waals surface area contributed by atoms with E-state index in [1.807, 2.05) is 53.3 Å². The number of benzene rings is 2. The van der Waals surface area contributed by atoms with E-state index >= 15 is 0 Å². The highest BCUT2D eigenvalue weighted by Gasteiger charge is 2.04. The number of ether oxygens (including phenoxy) is 2. The van der Waals surface area contributed by atoms with E-state index in [0.717, 1.165) is 11.1 Å². The Balaban J connectivity index is 1.50. The fraction of sp³-hybridized carbons (Fsp3) is 0.238. The summed E-state index contributed by atoms with van der Waals surface area (Å²) in [5.74, 6) is 0.682. The number of carbonyl (C=O) groups excluding carboxylic acids is 1. The molecule has 0 aliphatic rings. The van der Waals surface area contributed by atoms with Crippen LogP contribution in [0.25, 0.3) is 0 Å². The fourth-order valence-corrected chi connectivity index (χ4v) is 2.68. The second-order valence-electron chi connectivity index (χ2n) is 6.20. The van der Waals surface area contributed by atoms with E-state index in [-0.39, 0.29) is 6.03 Å². The summed E-state index contributed by atoms with van der Waals surface area (Å²) in [4.78, 5) is 12.2. The van der Waals surface area contributed by atoms with Crippen LogP contribution in [0.3, 0.4) is 0 Å². The maximum Gasteiger partial charge on any atom is 0.319 e. The van der Waals surface area contributed by atoms with Crippen LogP contribution in [-0.4, -0.2) is 36.1 Å². The average molecular weight is 380 g/mol. The lowest BCUT2D eigenvalue weighted by Gasteiger charge is -2.11. The zero-order valence-electron chi connectivity index (χ0n) is 15.8. The number of nitrogens with zero attached hydrogens (tertiary/aromatic N) is 2. The Bertz CT molecular complexity index is 881. The zero-order chi connectivity index (χ0) is 19.6. The van der Waals surface area contributed by atoms with Crippen LogP contribution in [0.5, 0.6) is 5.75 Å². The van der Waals surface area contributed by atoms with Gasteiger partial charge < -0.3 is 20.1 Å². The van der Waals surface area contributed by atoms with Gasteiger partial charge in [0.05, 0.1) is 13.2 Å². The largest absolute Gasteiger partial charge is 0.491 e. The van der Waals surface area contributed by atoms with Crippen molar-refractivity contribution in [2.24, 2.45) is 0 Å². The summed E-state index contributed by atoms with van der Waals surface area (Å²) in [5.41, 5.74) is 2.82. The number of nitrogens with one attached hydrogen (secondary N) is 2. The Kier molecular flexibility index (Phi) is 7.03. The SMILES string of the molecule is COCCOc1cccc(NC(=O)NCc2cccc(Cn3cccn3)c2)c1.